The van der Waals surface area contributed by atoms with Crippen LogP contribution in [0.5, 0.6) is 0 Å². The quantitative estimate of drug-likeness (QED) is 0.686. The minimum atomic E-state index is -3.55. The summed E-state index contributed by atoms with van der Waals surface area (Å²) in [6.07, 6.45) is 1.76. The molecule has 0 amide bonds. The summed E-state index contributed by atoms with van der Waals surface area (Å²) < 4.78 is 28.7. The molecule has 1 aliphatic heterocycles. The van der Waals surface area contributed by atoms with Crippen LogP contribution in [0.4, 0.5) is 0 Å². The zero-order chi connectivity index (χ0) is 18.0. The first-order chi connectivity index (χ1) is 12.6. The fourth-order valence-corrected chi connectivity index (χ4v) is 4.00. The second-order valence-electron chi connectivity index (χ2n) is 6.25. The lowest BCUT2D eigenvalue weighted by atomic mass is 10.1. The van der Waals surface area contributed by atoms with Crippen molar-refractivity contribution in [1.29, 1.82) is 0 Å². The van der Waals surface area contributed by atoms with Gasteiger partial charge in [-0.3, -0.25) is 0 Å². The van der Waals surface area contributed by atoms with Gasteiger partial charge in [-0.1, -0.05) is 41.6 Å². The summed E-state index contributed by atoms with van der Waals surface area (Å²) in [5.74, 6) is 0. The van der Waals surface area contributed by atoms with Crippen LogP contribution in [0.1, 0.15) is 22.4 Å². The molecule has 8 heteroatoms. The zero-order valence-electron chi connectivity index (χ0n) is 14.1. The molecule has 7 nitrogen and oxygen atoms in total. The molecule has 0 saturated carbocycles. The highest BCUT2D eigenvalue weighted by Gasteiger charge is 2.14. The van der Waals surface area contributed by atoms with E-state index in [4.69, 9.17) is 0 Å². The number of hydrogen-bond donors (Lipinski definition) is 2. The van der Waals surface area contributed by atoms with Crippen molar-refractivity contribution in [3.05, 3.63) is 77.1 Å². The van der Waals surface area contributed by atoms with Gasteiger partial charge in [-0.25, -0.2) is 17.8 Å². The lowest BCUT2D eigenvalue weighted by Crippen LogP contribution is -2.23. The standard InChI is InChI=1S/C18H19N5O2S/c24-26(25,18-4-2-1-3-5-18)20-11-17-13-23(22-21-17)12-14-6-7-15-9-19-10-16(15)8-14/h1-8,13,19-20H,9-12H2. The molecule has 0 atom stereocenters. The molecule has 1 aromatic heterocycles. The fraction of sp³-hybridized carbons (Fsp3) is 0.222. The highest BCUT2D eigenvalue weighted by Crippen LogP contribution is 2.17. The number of rotatable bonds is 6. The lowest BCUT2D eigenvalue weighted by Gasteiger charge is -2.05. The van der Waals surface area contributed by atoms with Crippen molar-refractivity contribution in [1.82, 2.24) is 25.0 Å². The van der Waals surface area contributed by atoms with Crippen molar-refractivity contribution < 1.29 is 8.42 Å². The minimum absolute atomic E-state index is 0.103. The maximum absolute atomic E-state index is 12.2. The Morgan fingerprint density at radius 3 is 2.73 bits per heavy atom. The van der Waals surface area contributed by atoms with Gasteiger partial charge in [-0.15, -0.1) is 5.10 Å². The molecule has 0 spiro atoms. The van der Waals surface area contributed by atoms with E-state index in [2.05, 4.69) is 38.6 Å². The molecule has 26 heavy (non-hydrogen) atoms. The molecule has 2 aromatic carbocycles. The maximum atomic E-state index is 12.2. The van der Waals surface area contributed by atoms with Crippen LogP contribution in [-0.2, 0) is 36.2 Å². The number of nitrogens with one attached hydrogen (secondary N) is 2. The summed E-state index contributed by atoms with van der Waals surface area (Å²) in [5, 5.41) is 11.5. The summed E-state index contributed by atoms with van der Waals surface area (Å²) in [7, 11) is -3.55. The van der Waals surface area contributed by atoms with Gasteiger partial charge in [0, 0.05) is 13.1 Å². The smallest absolute Gasteiger partial charge is 0.240 e. The molecule has 0 aliphatic carbocycles. The Morgan fingerprint density at radius 1 is 1.08 bits per heavy atom. The van der Waals surface area contributed by atoms with Crippen LogP contribution in [0.3, 0.4) is 0 Å². The van der Waals surface area contributed by atoms with E-state index in [1.807, 2.05) is 0 Å². The molecular weight excluding hydrogens is 350 g/mol. The average molecular weight is 369 g/mol. The maximum Gasteiger partial charge on any atom is 0.240 e. The molecule has 0 fully saturated rings. The van der Waals surface area contributed by atoms with Gasteiger partial charge in [0.15, 0.2) is 0 Å². The Kier molecular flexibility index (Phi) is 4.54. The van der Waals surface area contributed by atoms with E-state index in [0.717, 1.165) is 18.7 Å². The topological polar surface area (TPSA) is 88.9 Å². The molecule has 0 unspecified atom stereocenters. The first-order valence-electron chi connectivity index (χ1n) is 8.35. The molecule has 0 radical (unpaired) electrons. The van der Waals surface area contributed by atoms with Crippen LogP contribution in [0.25, 0.3) is 0 Å². The van der Waals surface area contributed by atoms with E-state index in [1.54, 1.807) is 41.2 Å². The molecule has 0 saturated heterocycles. The number of sulfonamides is 1. The predicted molar refractivity (Wildman–Crippen MR) is 96.6 cm³/mol. The van der Waals surface area contributed by atoms with E-state index in [1.165, 1.54) is 11.1 Å². The molecule has 1 aliphatic rings. The van der Waals surface area contributed by atoms with Gasteiger partial charge in [0.25, 0.3) is 0 Å². The third kappa shape index (κ3) is 3.67. The molecule has 0 bridgehead atoms. The molecule has 2 N–H and O–H groups in total. The Balaban J connectivity index is 1.40. The van der Waals surface area contributed by atoms with Gasteiger partial charge in [-0.05, 0) is 28.8 Å². The van der Waals surface area contributed by atoms with Crippen molar-refractivity contribution in [2.45, 2.75) is 31.1 Å². The van der Waals surface area contributed by atoms with Gasteiger partial charge >= 0.3 is 0 Å². The SMILES string of the molecule is O=S(=O)(NCc1cn(Cc2ccc3c(c2)CNC3)nn1)c1ccccc1. The molecule has 3 aromatic rings. The first kappa shape index (κ1) is 16.9. The van der Waals surface area contributed by atoms with E-state index in [9.17, 15) is 8.42 Å². The summed E-state index contributed by atoms with van der Waals surface area (Å²) >= 11 is 0. The number of aromatic nitrogens is 3. The largest absolute Gasteiger partial charge is 0.309 e. The van der Waals surface area contributed by atoms with Crippen LogP contribution in [0, 0.1) is 0 Å². The summed E-state index contributed by atoms with van der Waals surface area (Å²) in [6.45, 7) is 2.52. The Labute approximate surface area is 152 Å². The molecule has 134 valence electrons. The van der Waals surface area contributed by atoms with Crippen LogP contribution in [0.2, 0.25) is 0 Å². The molecular formula is C18H19N5O2S. The number of benzene rings is 2. The van der Waals surface area contributed by atoms with E-state index < -0.39 is 10.0 Å². The van der Waals surface area contributed by atoms with Crippen molar-refractivity contribution in [2.24, 2.45) is 0 Å². The van der Waals surface area contributed by atoms with Gasteiger partial charge in [0.2, 0.25) is 10.0 Å². The second kappa shape index (κ2) is 6.99. The van der Waals surface area contributed by atoms with Crippen LogP contribution in [0.15, 0.2) is 59.6 Å². The molecule has 2 heterocycles. The monoisotopic (exact) mass is 369 g/mol. The van der Waals surface area contributed by atoms with Crippen LogP contribution in [-0.4, -0.2) is 23.4 Å². The highest BCUT2D eigenvalue weighted by molar-refractivity contribution is 7.89. The zero-order valence-corrected chi connectivity index (χ0v) is 14.9. The second-order valence-corrected chi connectivity index (χ2v) is 8.02. The van der Waals surface area contributed by atoms with Crippen LogP contribution >= 0.6 is 0 Å². The van der Waals surface area contributed by atoms with E-state index in [0.29, 0.717) is 12.2 Å². The van der Waals surface area contributed by atoms with Gasteiger partial charge in [0.05, 0.1) is 29.9 Å². The summed E-state index contributed by atoms with van der Waals surface area (Å²) in [6, 6.07) is 14.7. The van der Waals surface area contributed by atoms with E-state index >= 15 is 0 Å². The van der Waals surface area contributed by atoms with Crippen LogP contribution < -0.4 is 10.0 Å². The fourth-order valence-electron chi connectivity index (χ4n) is 2.98. The summed E-state index contributed by atoms with van der Waals surface area (Å²) in [4.78, 5) is 0.235. The van der Waals surface area contributed by atoms with Crippen molar-refractivity contribution >= 4 is 10.0 Å². The Morgan fingerprint density at radius 2 is 1.88 bits per heavy atom. The average Bonchev–Trinajstić information content (AvgIpc) is 3.30. The summed E-state index contributed by atoms with van der Waals surface area (Å²) in [5.41, 5.74) is 4.38. The minimum Gasteiger partial charge on any atom is -0.309 e. The number of nitrogens with zero attached hydrogens (tertiary/aromatic N) is 3. The third-order valence-corrected chi connectivity index (χ3v) is 5.75. The van der Waals surface area contributed by atoms with Gasteiger partial charge in [-0.2, -0.15) is 0 Å². The van der Waals surface area contributed by atoms with Crippen molar-refractivity contribution in [3.63, 3.8) is 0 Å². The van der Waals surface area contributed by atoms with Gasteiger partial charge in [0.1, 0.15) is 0 Å². The number of hydrogen-bond acceptors (Lipinski definition) is 5. The van der Waals surface area contributed by atoms with Crippen molar-refractivity contribution in [3.8, 4) is 0 Å². The lowest BCUT2D eigenvalue weighted by molar-refractivity contribution is 0.580. The van der Waals surface area contributed by atoms with E-state index in [-0.39, 0.29) is 11.4 Å². The molecule has 4 rings (SSSR count). The Bertz CT molecular complexity index is 1020. The Hall–Kier alpha value is -2.55. The predicted octanol–water partition coefficient (Wildman–Crippen LogP) is 1.41. The highest BCUT2D eigenvalue weighted by atomic mass is 32.2. The number of fused-ring (bicyclic) bond motifs is 1. The normalized spacial score (nSPS) is 13.7. The first-order valence-corrected chi connectivity index (χ1v) is 9.84. The van der Waals surface area contributed by atoms with Gasteiger partial charge < -0.3 is 5.32 Å². The third-order valence-electron chi connectivity index (χ3n) is 4.33. The van der Waals surface area contributed by atoms with Crippen molar-refractivity contribution in [2.75, 3.05) is 0 Å².